The minimum absolute atomic E-state index is 0.202. The van der Waals surface area contributed by atoms with E-state index in [0.29, 0.717) is 22.5 Å². The van der Waals surface area contributed by atoms with Crippen LogP contribution >= 0.6 is 15.9 Å². The van der Waals surface area contributed by atoms with Crippen molar-refractivity contribution in [3.05, 3.63) is 34.1 Å². The van der Waals surface area contributed by atoms with Crippen LogP contribution in [0, 0.1) is 11.7 Å². The molecule has 2 aliphatic heterocycles. The summed E-state index contributed by atoms with van der Waals surface area (Å²) < 4.78 is 14.2. The van der Waals surface area contributed by atoms with Gasteiger partial charge in [-0.15, -0.1) is 0 Å². The summed E-state index contributed by atoms with van der Waals surface area (Å²) in [6.07, 6.45) is 5.75. The molecule has 3 unspecified atom stereocenters. The fraction of sp³-hybridized carbons (Fsp3) is 0.625. The third kappa shape index (κ3) is 3.02. The summed E-state index contributed by atoms with van der Waals surface area (Å²) in [6, 6.07) is 6.82. The van der Waals surface area contributed by atoms with E-state index in [0.717, 1.165) is 12.0 Å². The van der Waals surface area contributed by atoms with Crippen LogP contribution < -0.4 is 11.3 Å². The predicted molar refractivity (Wildman–Crippen MR) is 86.2 cm³/mol. The number of rotatable bonds is 4. The maximum Gasteiger partial charge on any atom is 0.137 e. The molecular weight excluding hydrogens is 333 g/mol. The number of hydrogen-bond acceptors (Lipinski definition) is 3. The lowest BCUT2D eigenvalue weighted by Crippen LogP contribution is -2.49. The highest BCUT2D eigenvalue weighted by Crippen LogP contribution is 2.39. The minimum Gasteiger partial charge on any atom is -0.300 e. The SMILES string of the molecule is CN1C2CCC1CC(C(Cc1cccc(F)c1Br)NN)C2. The Hall–Kier alpha value is -0.490. The maximum absolute atomic E-state index is 13.7. The number of nitrogens with one attached hydrogen (secondary N) is 1. The first-order valence-corrected chi connectivity index (χ1v) is 8.50. The van der Waals surface area contributed by atoms with Crippen LogP contribution in [0.25, 0.3) is 0 Å². The summed E-state index contributed by atoms with van der Waals surface area (Å²) in [4.78, 5) is 2.53. The molecule has 2 bridgehead atoms. The molecule has 1 aromatic carbocycles. The van der Waals surface area contributed by atoms with Gasteiger partial charge in [-0.2, -0.15) is 0 Å². The molecule has 2 fully saturated rings. The Bertz CT molecular complexity index is 496. The van der Waals surface area contributed by atoms with Crippen molar-refractivity contribution in [3.8, 4) is 0 Å². The lowest BCUT2D eigenvalue weighted by molar-refractivity contribution is 0.112. The molecule has 3 rings (SSSR count). The first kappa shape index (κ1) is 15.4. The average Bonchev–Trinajstić information content (AvgIpc) is 2.70. The van der Waals surface area contributed by atoms with Gasteiger partial charge < -0.3 is 4.90 Å². The second-order valence-corrected chi connectivity index (χ2v) is 7.27. The number of fused-ring (bicyclic) bond motifs is 2. The van der Waals surface area contributed by atoms with Crippen molar-refractivity contribution >= 4 is 15.9 Å². The van der Waals surface area contributed by atoms with E-state index < -0.39 is 0 Å². The zero-order valence-electron chi connectivity index (χ0n) is 12.4. The van der Waals surface area contributed by atoms with Crippen LogP contribution in [0.2, 0.25) is 0 Å². The van der Waals surface area contributed by atoms with E-state index in [2.05, 4.69) is 33.3 Å². The van der Waals surface area contributed by atoms with Crippen LogP contribution in [-0.4, -0.2) is 30.1 Å². The highest BCUT2D eigenvalue weighted by Gasteiger charge is 2.40. The van der Waals surface area contributed by atoms with E-state index in [4.69, 9.17) is 5.84 Å². The van der Waals surface area contributed by atoms with Crippen LogP contribution in [0.1, 0.15) is 31.2 Å². The average molecular weight is 356 g/mol. The largest absolute Gasteiger partial charge is 0.300 e. The van der Waals surface area contributed by atoms with E-state index in [1.807, 2.05) is 6.07 Å². The van der Waals surface area contributed by atoms with E-state index in [-0.39, 0.29) is 11.9 Å². The molecule has 3 nitrogen and oxygen atoms in total. The third-order valence-corrected chi connectivity index (χ3v) is 6.28. The van der Waals surface area contributed by atoms with Gasteiger partial charge in [0.15, 0.2) is 0 Å². The number of hydrogen-bond donors (Lipinski definition) is 2. The van der Waals surface area contributed by atoms with E-state index >= 15 is 0 Å². The fourth-order valence-electron chi connectivity index (χ4n) is 4.09. The Morgan fingerprint density at radius 1 is 1.38 bits per heavy atom. The molecule has 0 saturated carbocycles. The Morgan fingerprint density at radius 2 is 2.05 bits per heavy atom. The van der Waals surface area contributed by atoms with Crippen LogP contribution in [0.3, 0.4) is 0 Å². The van der Waals surface area contributed by atoms with Crippen molar-refractivity contribution in [1.29, 1.82) is 0 Å². The number of piperidine rings is 1. The van der Waals surface area contributed by atoms with Crippen molar-refractivity contribution in [1.82, 2.24) is 10.3 Å². The number of nitrogens with two attached hydrogens (primary N) is 1. The lowest BCUT2D eigenvalue weighted by atomic mass is 9.83. The summed E-state index contributed by atoms with van der Waals surface area (Å²) in [6.45, 7) is 0. The molecule has 3 N–H and O–H groups in total. The van der Waals surface area contributed by atoms with Gasteiger partial charge >= 0.3 is 0 Å². The monoisotopic (exact) mass is 355 g/mol. The van der Waals surface area contributed by atoms with Gasteiger partial charge in [0.25, 0.3) is 0 Å². The number of benzene rings is 1. The van der Waals surface area contributed by atoms with Gasteiger partial charge in [-0.25, -0.2) is 4.39 Å². The molecule has 5 heteroatoms. The summed E-state index contributed by atoms with van der Waals surface area (Å²) in [5, 5.41) is 0. The van der Waals surface area contributed by atoms with E-state index in [1.54, 1.807) is 6.07 Å². The first-order chi connectivity index (χ1) is 10.1. The van der Waals surface area contributed by atoms with Crippen molar-refractivity contribution in [2.75, 3.05) is 7.05 Å². The summed E-state index contributed by atoms with van der Waals surface area (Å²) in [7, 11) is 2.24. The van der Waals surface area contributed by atoms with Crippen molar-refractivity contribution in [2.24, 2.45) is 11.8 Å². The van der Waals surface area contributed by atoms with E-state index in [1.165, 1.54) is 31.7 Å². The van der Waals surface area contributed by atoms with Gasteiger partial charge in [0.05, 0.1) is 4.47 Å². The summed E-state index contributed by atoms with van der Waals surface area (Å²) in [5.41, 5.74) is 3.98. The first-order valence-electron chi connectivity index (χ1n) is 7.71. The number of halogens is 2. The van der Waals surface area contributed by atoms with Gasteiger partial charge in [-0.3, -0.25) is 11.3 Å². The quantitative estimate of drug-likeness (QED) is 0.644. The molecule has 0 aliphatic carbocycles. The van der Waals surface area contributed by atoms with Crippen LogP contribution in [-0.2, 0) is 6.42 Å². The number of hydrazine groups is 1. The highest BCUT2D eigenvalue weighted by atomic mass is 79.9. The molecule has 0 amide bonds. The lowest BCUT2D eigenvalue weighted by Gasteiger charge is -2.39. The smallest absolute Gasteiger partial charge is 0.137 e. The van der Waals surface area contributed by atoms with Crippen molar-refractivity contribution in [2.45, 2.75) is 50.2 Å². The molecule has 21 heavy (non-hydrogen) atoms. The van der Waals surface area contributed by atoms with Gasteiger partial charge in [-0.1, -0.05) is 12.1 Å². The van der Waals surface area contributed by atoms with E-state index in [9.17, 15) is 4.39 Å². The Kier molecular flexibility index (Phi) is 4.64. The molecule has 2 aliphatic rings. The molecule has 0 aromatic heterocycles. The fourth-order valence-corrected chi connectivity index (χ4v) is 4.51. The van der Waals surface area contributed by atoms with Gasteiger partial charge in [0, 0.05) is 18.1 Å². The predicted octanol–water partition coefficient (Wildman–Crippen LogP) is 2.84. The van der Waals surface area contributed by atoms with Crippen LogP contribution in [0.5, 0.6) is 0 Å². The van der Waals surface area contributed by atoms with Crippen molar-refractivity contribution < 1.29 is 4.39 Å². The highest BCUT2D eigenvalue weighted by molar-refractivity contribution is 9.10. The molecule has 1 aromatic rings. The molecular formula is C16H23BrFN3. The molecule has 116 valence electrons. The minimum atomic E-state index is -0.202. The number of nitrogens with zero attached hydrogens (tertiary/aromatic N) is 1. The van der Waals surface area contributed by atoms with Gasteiger partial charge in [0.2, 0.25) is 0 Å². The molecule has 2 heterocycles. The standard InChI is InChI=1S/C16H23BrFN3/c1-21-12-5-6-13(21)8-11(7-12)15(20-19)9-10-3-2-4-14(18)16(10)17/h2-4,11-13,15,20H,5-9,19H2,1H3. The molecule has 3 atom stereocenters. The summed E-state index contributed by atoms with van der Waals surface area (Å²) in [5.74, 6) is 6.18. The second-order valence-electron chi connectivity index (χ2n) is 6.47. The van der Waals surface area contributed by atoms with Crippen LogP contribution in [0.4, 0.5) is 4.39 Å². The Labute approximate surface area is 134 Å². The van der Waals surface area contributed by atoms with Crippen molar-refractivity contribution in [3.63, 3.8) is 0 Å². The van der Waals surface area contributed by atoms with Crippen LogP contribution in [0.15, 0.2) is 22.7 Å². The topological polar surface area (TPSA) is 41.3 Å². The summed E-state index contributed by atoms with van der Waals surface area (Å²) >= 11 is 3.36. The molecule has 2 saturated heterocycles. The van der Waals surface area contributed by atoms with Gasteiger partial charge in [-0.05, 0) is 72.6 Å². The Morgan fingerprint density at radius 3 is 2.67 bits per heavy atom. The Balaban J connectivity index is 1.72. The normalized spacial score (nSPS) is 30.6. The third-order valence-electron chi connectivity index (χ3n) is 5.39. The zero-order chi connectivity index (χ0) is 15.0. The maximum atomic E-state index is 13.7. The van der Waals surface area contributed by atoms with Gasteiger partial charge in [0.1, 0.15) is 5.82 Å². The molecule has 0 spiro atoms. The second kappa shape index (κ2) is 6.32. The molecule has 0 radical (unpaired) electrons. The zero-order valence-corrected chi connectivity index (χ0v) is 13.9.